The van der Waals surface area contributed by atoms with Crippen LogP contribution in [0.15, 0.2) is 41.2 Å². The van der Waals surface area contributed by atoms with Crippen LogP contribution in [0.25, 0.3) is 16.8 Å². The first kappa shape index (κ1) is 19.4. The second-order valence-corrected chi connectivity index (χ2v) is 8.04. The SMILES string of the molecule is COCc1[nH]n2c(=O)cc([C@@H]3CC(=O)N(CC(C)C)C3)nc2c1-c1ccccc1. The molecule has 1 aliphatic heterocycles. The number of likely N-dealkylation sites (tertiary alicyclic amines) is 1. The number of methoxy groups -OCH3 is 1. The predicted molar refractivity (Wildman–Crippen MR) is 111 cm³/mol. The molecule has 3 heterocycles. The predicted octanol–water partition coefficient (Wildman–Crippen LogP) is 2.81. The molecule has 1 N–H and O–H groups in total. The number of aromatic amines is 1. The van der Waals surface area contributed by atoms with Gasteiger partial charge in [0.15, 0.2) is 5.65 Å². The molecule has 1 aromatic carbocycles. The van der Waals surface area contributed by atoms with Crippen LogP contribution >= 0.6 is 0 Å². The van der Waals surface area contributed by atoms with Gasteiger partial charge in [0.05, 0.1) is 18.0 Å². The average Bonchev–Trinajstić information content (AvgIpc) is 3.23. The van der Waals surface area contributed by atoms with E-state index in [1.165, 1.54) is 4.52 Å². The number of benzene rings is 1. The minimum atomic E-state index is -0.181. The van der Waals surface area contributed by atoms with Crippen molar-refractivity contribution in [1.29, 1.82) is 0 Å². The van der Waals surface area contributed by atoms with Crippen LogP contribution in [0.4, 0.5) is 0 Å². The third-order valence-corrected chi connectivity index (χ3v) is 5.28. The van der Waals surface area contributed by atoms with Crippen molar-refractivity contribution in [3.8, 4) is 11.1 Å². The molecule has 7 nitrogen and oxygen atoms in total. The second kappa shape index (κ2) is 7.83. The van der Waals surface area contributed by atoms with Gasteiger partial charge in [0.2, 0.25) is 5.91 Å². The van der Waals surface area contributed by atoms with Crippen molar-refractivity contribution >= 4 is 11.6 Å². The molecule has 0 radical (unpaired) electrons. The molecule has 0 saturated carbocycles. The first-order valence-corrected chi connectivity index (χ1v) is 9.94. The quantitative estimate of drug-likeness (QED) is 0.697. The molecule has 4 rings (SSSR count). The van der Waals surface area contributed by atoms with Crippen LogP contribution in [0.5, 0.6) is 0 Å². The Morgan fingerprint density at radius 2 is 2.00 bits per heavy atom. The number of ether oxygens (including phenoxy) is 1. The highest BCUT2D eigenvalue weighted by Crippen LogP contribution is 2.31. The zero-order valence-electron chi connectivity index (χ0n) is 17.0. The van der Waals surface area contributed by atoms with Gasteiger partial charge in [-0.1, -0.05) is 44.2 Å². The van der Waals surface area contributed by atoms with E-state index in [0.29, 0.717) is 36.8 Å². The van der Waals surface area contributed by atoms with Gasteiger partial charge < -0.3 is 9.64 Å². The Bertz CT molecular complexity index is 1080. The molecule has 3 aromatic rings. The molecule has 1 fully saturated rings. The Morgan fingerprint density at radius 3 is 2.69 bits per heavy atom. The first-order valence-electron chi connectivity index (χ1n) is 9.94. The first-order chi connectivity index (χ1) is 14.0. The number of carbonyl (C=O) groups is 1. The largest absolute Gasteiger partial charge is 0.378 e. The Hall–Kier alpha value is -2.93. The number of fused-ring (bicyclic) bond motifs is 1. The molecule has 0 bridgehead atoms. The molecule has 1 amide bonds. The lowest BCUT2D eigenvalue weighted by atomic mass is 10.0. The average molecular weight is 394 g/mol. The molecule has 1 aliphatic rings. The molecule has 152 valence electrons. The molecule has 0 spiro atoms. The summed E-state index contributed by atoms with van der Waals surface area (Å²) in [7, 11) is 1.62. The number of rotatable bonds is 6. The van der Waals surface area contributed by atoms with E-state index in [1.54, 1.807) is 13.2 Å². The summed E-state index contributed by atoms with van der Waals surface area (Å²) in [5, 5.41) is 3.13. The van der Waals surface area contributed by atoms with Crippen molar-refractivity contribution in [3.05, 3.63) is 58.1 Å². The van der Waals surface area contributed by atoms with Gasteiger partial charge >= 0.3 is 0 Å². The van der Waals surface area contributed by atoms with Gasteiger partial charge in [-0.3, -0.25) is 14.7 Å². The van der Waals surface area contributed by atoms with Gasteiger partial charge in [0.1, 0.15) is 0 Å². The van der Waals surface area contributed by atoms with E-state index < -0.39 is 0 Å². The molecule has 1 saturated heterocycles. The van der Waals surface area contributed by atoms with E-state index in [-0.39, 0.29) is 17.4 Å². The van der Waals surface area contributed by atoms with Gasteiger partial charge in [-0.05, 0) is 11.5 Å². The lowest BCUT2D eigenvalue weighted by molar-refractivity contribution is -0.128. The number of carbonyl (C=O) groups excluding carboxylic acids is 1. The van der Waals surface area contributed by atoms with Crippen molar-refractivity contribution in [1.82, 2.24) is 19.5 Å². The van der Waals surface area contributed by atoms with E-state index >= 15 is 0 Å². The molecule has 2 aromatic heterocycles. The topological polar surface area (TPSA) is 79.7 Å². The standard InChI is InChI=1S/C22H26N4O3/c1-14(2)11-25-12-16(9-19(25)27)17-10-20(28)26-22(23-17)21(18(24-26)13-29-3)15-7-5-4-6-8-15/h4-8,10,14,16,24H,9,11-13H2,1-3H3/t16-/m1/s1. The number of hydrogen-bond acceptors (Lipinski definition) is 4. The summed E-state index contributed by atoms with van der Waals surface area (Å²) < 4.78 is 6.79. The molecular formula is C22H26N4O3. The number of nitrogens with zero attached hydrogens (tertiary/aromatic N) is 3. The highest BCUT2D eigenvalue weighted by Gasteiger charge is 2.32. The number of hydrogen-bond donors (Lipinski definition) is 1. The Labute approximate surface area is 169 Å². The van der Waals surface area contributed by atoms with Gasteiger partial charge in [-0.2, -0.15) is 0 Å². The Kier molecular flexibility index (Phi) is 5.24. The van der Waals surface area contributed by atoms with E-state index in [1.807, 2.05) is 35.2 Å². The zero-order chi connectivity index (χ0) is 20.5. The number of H-pyrrole nitrogens is 1. The van der Waals surface area contributed by atoms with Gasteiger partial charge in [0, 0.05) is 44.2 Å². The summed E-state index contributed by atoms with van der Waals surface area (Å²) in [6.45, 7) is 5.87. The third kappa shape index (κ3) is 3.70. The molecule has 0 unspecified atom stereocenters. The fourth-order valence-corrected chi connectivity index (χ4v) is 4.06. The molecule has 29 heavy (non-hydrogen) atoms. The molecule has 7 heteroatoms. The normalized spacial score (nSPS) is 17.0. The van der Waals surface area contributed by atoms with Gasteiger partial charge in [0.25, 0.3) is 5.56 Å². The number of amides is 1. The van der Waals surface area contributed by atoms with Crippen molar-refractivity contribution in [3.63, 3.8) is 0 Å². The summed E-state index contributed by atoms with van der Waals surface area (Å²) in [5.41, 5.74) is 3.68. The minimum Gasteiger partial charge on any atom is -0.378 e. The summed E-state index contributed by atoms with van der Waals surface area (Å²) in [6.07, 6.45) is 0.394. The van der Waals surface area contributed by atoms with E-state index in [9.17, 15) is 9.59 Å². The van der Waals surface area contributed by atoms with Crippen LogP contribution in [0.3, 0.4) is 0 Å². The summed E-state index contributed by atoms with van der Waals surface area (Å²) >= 11 is 0. The van der Waals surface area contributed by atoms with E-state index in [0.717, 1.165) is 23.4 Å². The third-order valence-electron chi connectivity index (χ3n) is 5.28. The van der Waals surface area contributed by atoms with Crippen molar-refractivity contribution < 1.29 is 9.53 Å². The van der Waals surface area contributed by atoms with E-state index in [2.05, 4.69) is 18.9 Å². The van der Waals surface area contributed by atoms with Gasteiger partial charge in [-0.15, -0.1) is 0 Å². The lowest BCUT2D eigenvalue weighted by Crippen LogP contribution is -2.29. The van der Waals surface area contributed by atoms with Crippen LogP contribution in [-0.4, -0.2) is 45.6 Å². The molecule has 0 aliphatic carbocycles. The van der Waals surface area contributed by atoms with Crippen LogP contribution in [0.2, 0.25) is 0 Å². The maximum atomic E-state index is 12.9. The Morgan fingerprint density at radius 1 is 1.24 bits per heavy atom. The highest BCUT2D eigenvalue weighted by molar-refractivity contribution is 5.81. The minimum absolute atomic E-state index is 0.0663. The van der Waals surface area contributed by atoms with Crippen LogP contribution in [0.1, 0.15) is 37.6 Å². The Balaban J connectivity index is 1.80. The van der Waals surface area contributed by atoms with Crippen molar-refractivity contribution in [2.75, 3.05) is 20.2 Å². The fourth-order valence-electron chi connectivity index (χ4n) is 4.06. The maximum absolute atomic E-state index is 12.9. The summed E-state index contributed by atoms with van der Waals surface area (Å²) in [6, 6.07) is 11.4. The lowest BCUT2D eigenvalue weighted by Gasteiger charge is -2.18. The maximum Gasteiger partial charge on any atom is 0.272 e. The number of nitrogens with one attached hydrogen (secondary N) is 1. The van der Waals surface area contributed by atoms with Gasteiger partial charge in [-0.25, -0.2) is 9.50 Å². The van der Waals surface area contributed by atoms with Crippen LogP contribution in [0, 0.1) is 5.92 Å². The second-order valence-electron chi connectivity index (χ2n) is 8.04. The monoisotopic (exact) mass is 394 g/mol. The molecular weight excluding hydrogens is 368 g/mol. The summed E-state index contributed by atoms with van der Waals surface area (Å²) in [5.74, 6) is 0.469. The molecule has 1 atom stereocenters. The van der Waals surface area contributed by atoms with Crippen LogP contribution < -0.4 is 5.56 Å². The summed E-state index contributed by atoms with van der Waals surface area (Å²) in [4.78, 5) is 32.0. The highest BCUT2D eigenvalue weighted by atomic mass is 16.5. The van der Waals surface area contributed by atoms with Crippen molar-refractivity contribution in [2.45, 2.75) is 32.8 Å². The van der Waals surface area contributed by atoms with Crippen molar-refractivity contribution in [2.24, 2.45) is 5.92 Å². The zero-order valence-corrected chi connectivity index (χ0v) is 17.0. The number of aromatic nitrogens is 3. The van der Waals surface area contributed by atoms with Crippen LogP contribution in [-0.2, 0) is 16.1 Å². The fraction of sp³-hybridized carbons (Fsp3) is 0.409. The smallest absolute Gasteiger partial charge is 0.272 e. The van der Waals surface area contributed by atoms with E-state index in [4.69, 9.17) is 9.72 Å².